The third-order valence-electron chi connectivity index (χ3n) is 5.63. The highest BCUT2D eigenvalue weighted by Gasteiger charge is 2.21. The third-order valence-corrected chi connectivity index (χ3v) is 7.14. The molecule has 6 nitrogen and oxygen atoms in total. The second-order valence-corrected chi connectivity index (χ2v) is 9.68. The Morgan fingerprint density at radius 2 is 1.67 bits per heavy atom. The monoisotopic (exact) mass is 466 g/mol. The number of aryl methyl sites for hydroxylation is 2. The van der Waals surface area contributed by atoms with Crippen LogP contribution in [0, 0.1) is 20.8 Å². The topological polar surface area (TPSA) is 84.5 Å². The van der Waals surface area contributed by atoms with Gasteiger partial charge in [-0.3, -0.25) is 9.52 Å². The number of ether oxygens (including phenoxy) is 1. The number of nitrogens with one attached hydrogen (secondary N) is 2. The van der Waals surface area contributed by atoms with Crippen molar-refractivity contribution in [1.29, 1.82) is 0 Å². The first-order chi connectivity index (χ1) is 15.6. The summed E-state index contributed by atoms with van der Waals surface area (Å²) in [5.74, 6) is 0.420. The third kappa shape index (κ3) is 5.73. The average Bonchev–Trinajstić information content (AvgIpc) is 2.77. The van der Waals surface area contributed by atoms with E-state index in [0.29, 0.717) is 17.9 Å². The maximum atomic E-state index is 13.1. The molecule has 0 saturated heterocycles. The second-order valence-electron chi connectivity index (χ2n) is 8.03. The Hall–Kier alpha value is -3.32. The maximum Gasteiger partial charge on any atom is 0.262 e. The lowest BCUT2D eigenvalue weighted by Crippen LogP contribution is -2.27. The maximum absolute atomic E-state index is 13.1. The first kappa shape index (κ1) is 24.3. The number of amides is 1. The molecule has 0 spiro atoms. The minimum Gasteiger partial charge on any atom is -0.494 e. The van der Waals surface area contributed by atoms with Gasteiger partial charge in [0, 0.05) is 5.56 Å². The van der Waals surface area contributed by atoms with E-state index < -0.39 is 10.0 Å². The SMILES string of the molecule is CCOc1ccc([C@@H](C)NC(=O)c2ccc(C)c(S(=O)(=O)Nc3cccc(C)c3C)c2)cc1. The van der Waals surface area contributed by atoms with Crippen molar-refractivity contribution < 1.29 is 17.9 Å². The van der Waals surface area contributed by atoms with Crippen LogP contribution < -0.4 is 14.8 Å². The fourth-order valence-electron chi connectivity index (χ4n) is 3.47. The van der Waals surface area contributed by atoms with Gasteiger partial charge in [-0.2, -0.15) is 0 Å². The van der Waals surface area contributed by atoms with E-state index in [9.17, 15) is 13.2 Å². The summed E-state index contributed by atoms with van der Waals surface area (Å²) in [4.78, 5) is 13.0. The van der Waals surface area contributed by atoms with E-state index >= 15 is 0 Å². The van der Waals surface area contributed by atoms with Crippen molar-refractivity contribution in [3.8, 4) is 5.75 Å². The predicted octanol–water partition coefficient (Wildman–Crippen LogP) is 5.30. The van der Waals surface area contributed by atoms with Crippen LogP contribution in [0.3, 0.4) is 0 Å². The van der Waals surface area contributed by atoms with Crippen LogP contribution in [0.5, 0.6) is 5.75 Å². The molecule has 7 heteroatoms. The van der Waals surface area contributed by atoms with E-state index in [1.807, 2.05) is 58.0 Å². The summed E-state index contributed by atoms with van der Waals surface area (Å²) in [6.45, 7) is 9.89. The van der Waals surface area contributed by atoms with Crippen LogP contribution >= 0.6 is 0 Å². The van der Waals surface area contributed by atoms with Crippen molar-refractivity contribution in [2.24, 2.45) is 0 Å². The predicted molar refractivity (Wildman–Crippen MR) is 131 cm³/mol. The normalized spacial score (nSPS) is 12.2. The summed E-state index contributed by atoms with van der Waals surface area (Å²) in [5, 5.41) is 2.93. The molecule has 0 bridgehead atoms. The molecule has 0 aliphatic carbocycles. The Morgan fingerprint density at radius 3 is 2.33 bits per heavy atom. The molecule has 1 atom stereocenters. The summed E-state index contributed by atoms with van der Waals surface area (Å²) in [6.07, 6.45) is 0. The Morgan fingerprint density at radius 1 is 0.970 bits per heavy atom. The fraction of sp³-hybridized carbons (Fsp3) is 0.269. The van der Waals surface area contributed by atoms with Crippen LogP contribution in [0.15, 0.2) is 65.6 Å². The van der Waals surface area contributed by atoms with E-state index in [1.165, 1.54) is 6.07 Å². The molecule has 3 rings (SSSR count). The molecular formula is C26H30N2O4S. The summed E-state index contributed by atoms with van der Waals surface area (Å²) >= 11 is 0. The molecule has 174 valence electrons. The van der Waals surface area contributed by atoms with Crippen LogP contribution in [0.2, 0.25) is 0 Å². The van der Waals surface area contributed by atoms with Crippen LogP contribution in [0.1, 0.15) is 52.5 Å². The molecule has 0 aromatic heterocycles. The average molecular weight is 467 g/mol. The van der Waals surface area contributed by atoms with Gasteiger partial charge in [0.2, 0.25) is 0 Å². The molecule has 0 heterocycles. The van der Waals surface area contributed by atoms with Crippen molar-refractivity contribution >= 4 is 21.6 Å². The Bertz CT molecular complexity index is 1250. The zero-order valence-electron chi connectivity index (χ0n) is 19.6. The van der Waals surface area contributed by atoms with Gasteiger partial charge < -0.3 is 10.1 Å². The second kappa shape index (κ2) is 10.1. The van der Waals surface area contributed by atoms with Gasteiger partial charge in [-0.25, -0.2) is 8.42 Å². The van der Waals surface area contributed by atoms with Crippen LogP contribution in [-0.2, 0) is 10.0 Å². The van der Waals surface area contributed by atoms with Crippen LogP contribution in [-0.4, -0.2) is 20.9 Å². The molecule has 0 fully saturated rings. The smallest absolute Gasteiger partial charge is 0.262 e. The molecule has 2 N–H and O–H groups in total. The van der Waals surface area contributed by atoms with Crippen molar-refractivity contribution in [3.05, 3.63) is 88.5 Å². The van der Waals surface area contributed by atoms with Crippen molar-refractivity contribution in [2.75, 3.05) is 11.3 Å². The Labute approximate surface area is 196 Å². The lowest BCUT2D eigenvalue weighted by Gasteiger charge is -2.17. The first-order valence-electron chi connectivity index (χ1n) is 10.9. The molecule has 3 aromatic carbocycles. The molecule has 33 heavy (non-hydrogen) atoms. The number of hydrogen-bond acceptors (Lipinski definition) is 4. The number of carbonyl (C=O) groups excluding carboxylic acids is 1. The van der Waals surface area contributed by atoms with Gasteiger partial charge in [0.25, 0.3) is 15.9 Å². The van der Waals surface area contributed by atoms with E-state index in [2.05, 4.69) is 10.0 Å². The summed E-state index contributed by atoms with van der Waals surface area (Å²) in [6, 6.07) is 17.4. The van der Waals surface area contributed by atoms with E-state index in [4.69, 9.17) is 4.74 Å². The minimum atomic E-state index is -3.87. The van der Waals surface area contributed by atoms with E-state index in [-0.39, 0.29) is 22.4 Å². The molecule has 0 unspecified atom stereocenters. The number of sulfonamides is 1. The number of carbonyl (C=O) groups is 1. The largest absolute Gasteiger partial charge is 0.494 e. The van der Waals surface area contributed by atoms with Crippen LogP contribution in [0.25, 0.3) is 0 Å². The zero-order valence-corrected chi connectivity index (χ0v) is 20.4. The van der Waals surface area contributed by atoms with Crippen molar-refractivity contribution in [1.82, 2.24) is 5.32 Å². The van der Waals surface area contributed by atoms with Gasteiger partial charge in [0.1, 0.15) is 5.75 Å². The lowest BCUT2D eigenvalue weighted by atomic mass is 10.1. The molecule has 3 aromatic rings. The first-order valence-corrected chi connectivity index (χ1v) is 12.3. The van der Waals surface area contributed by atoms with Gasteiger partial charge in [-0.15, -0.1) is 0 Å². The fourth-order valence-corrected chi connectivity index (χ4v) is 4.87. The van der Waals surface area contributed by atoms with Crippen molar-refractivity contribution in [2.45, 2.75) is 45.6 Å². The van der Waals surface area contributed by atoms with Gasteiger partial charge in [0.15, 0.2) is 0 Å². The summed E-state index contributed by atoms with van der Waals surface area (Å²) in [7, 11) is -3.87. The lowest BCUT2D eigenvalue weighted by molar-refractivity contribution is 0.0939. The Balaban J connectivity index is 1.81. The molecule has 1 amide bonds. The molecule has 0 aliphatic rings. The Kier molecular flexibility index (Phi) is 7.43. The molecule has 0 radical (unpaired) electrons. The minimum absolute atomic E-state index is 0.0739. The van der Waals surface area contributed by atoms with Gasteiger partial charge >= 0.3 is 0 Å². The molecule has 0 aliphatic heterocycles. The van der Waals surface area contributed by atoms with Gasteiger partial charge in [0.05, 0.1) is 23.2 Å². The van der Waals surface area contributed by atoms with Crippen molar-refractivity contribution in [3.63, 3.8) is 0 Å². The number of hydrogen-bond donors (Lipinski definition) is 2. The number of benzene rings is 3. The zero-order chi connectivity index (χ0) is 24.2. The van der Waals surface area contributed by atoms with E-state index in [0.717, 1.165) is 22.4 Å². The van der Waals surface area contributed by atoms with Gasteiger partial charge in [-0.05, 0) is 87.2 Å². The number of rotatable bonds is 8. The summed E-state index contributed by atoms with van der Waals surface area (Å²) < 4.78 is 34.4. The molecule has 0 saturated carbocycles. The highest BCUT2D eigenvalue weighted by Crippen LogP contribution is 2.25. The van der Waals surface area contributed by atoms with E-state index in [1.54, 1.807) is 31.2 Å². The van der Waals surface area contributed by atoms with Crippen LogP contribution in [0.4, 0.5) is 5.69 Å². The summed E-state index contributed by atoms with van der Waals surface area (Å²) in [5.41, 5.74) is 4.13. The highest BCUT2D eigenvalue weighted by atomic mass is 32.2. The highest BCUT2D eigenvalue weighted by molar-refractivity contribution is 7.92. The standard InChI is InChI=1S/C26H30N2O4S/c1-6-32-23-14-12-21(13-15-23)20(5)27-26(29)22-11-10-18(3)25(16-22)33(30,31)28-24-9-7-8-17(2)19(24)4/h7-16,20,28H,6H2,1-5H3,(H,27,29)/t20-/m1/s1. The van der Waals surface area contributed by atoms with Gasteiger partial charge in [-0.1, -0.05) is 30.3 Å². The number of anilines is 1. The molecular weight excluding hydrogens is 436 g/mol. The quantitative estimate of drug-likeness (QED) is 0.472.